The number of phenols is 2. The molecule has 14 aliphatic rings. The second-order valence-electron chi connectivity index (χ2n) is 30.4. The van der Waals surface area contributed by atoms with Crippen LogP contribution in [-0.4, -0.2) is 203 Å². The van der Waals surface area contributed by atoms with E-state index in [1.165, 1.54) is 51.6 Å². The third-order valence-corrected chi connectivity index (χ3v) is 28.0. The van der Waals surface area contributed by atoms with Gasteiger partial charge < -0.3 is 81.6 Å². The number of hydrogen-bond donors (Lipinski definition) is 5. The van der Waals surface area contributed by atoms with Crippen molar-refractivity contribution in [1.82, 2.24) is 30.2 Å². The lowest BCUT2D eigenvalue weighted by molar-refractivity contribution is -0.186. The van der Waals surface area contributed by atoms with Gasteiger partial charge >= 0.3 is 23.9 Å². The number of thioether (sulfide) groups is 2. The van der Waals surface area contributed by atoms with Crippen molar-refractivity contribution in [1.29, 1.82) is 5.26 Å². The monoisotopic (exact) mass is 1610 g/mol. The summed E-state index contributed by atoms with van der Waals surface area (Å²) in [6.07, 6.45) is 1.26. The van der Waals surface area contributed by atoms with Crippen molar-refractivity contribution in [3.8, 4) is 86.6 Å². The van der Waals surface area contributed by atoms with E-state index in [-0.39, 0.29) is 108 Å². The average Bonchev–Trinajstić information content (AvgIpc) is 0.914. The van der Waals surface area contributed by atoms with Gasteiger partial charge in [0, 0.05) is 101 Å². The summed E-state index contributed by atoms with van der Waals surface area (Å²) in [6.45, 7) is 11.0. The van der Waals surface area contributed by atoms with Crippen molar-refractivity contribution in [2.24, 2.45) is 0 Å². The Morgan fingerprint density at radius 2 is 0.930 bits per heavy atom. The van der Waals surface area contributed by atoms with Gasteiger partial charge in [-0.05, 0) is 136 Å². The first-order valence-electron chi connectivity index (χ1n) is 37.2. The van der Waals surface area contributed by atoms with Gasteiger partial charge in [0.25, 0.3) is 0 Å². The fourth-order valence-corrected chi connectivity index (χ4v) is 23.9. The molecule has 0 saturated carbocycles. The number of rotatable bonds is 8. The Morgan fingerprint density at radius 3 is 1.34 bits per heavy atom. The van der Waals surface area contributed by atoms with E-state index >= 15 is 0 Å². The number of hydrogen-bond acceptors (Lipinski definition) is 30. The first-order chi connectivity index (χ1) is 53.4. The lowest BCUT2D eigenvalue weighted by Gasteiger charge is -2.62. The minimum atomic E-state index is -1.34. The van der Waals surface area contributed by atoms with Crippen molar-refractivity contribution in [2.45, 2.75) is 172 Å². The van der Waals surface area contributed by atoms with Crippen molar-refractivity contribution in [3.63, 3.8) is 0 Å². The van der Waals surface area contributed by atoms with Gasteiger partial charge in [0.05, 0.1) is 89.4 Å². The van der Waals surface area contributed by atoms with E-state index < -0.39 is 81.9 Å². The van der Waals surface area contributed by atoms with E-state index in [2.05, 4.69) is 55.5 Å². The molecule has 0 radical (unpaired) electrons. The Hall–Kier alpha value is -9.29. The van der Waals surface area contributed by atoms with E-state index in [1.54, 1.807) is 52.7 Å². The highest BCUT2D eigenvalue weighted by Crippen LogP contribution is 2.68. The molecule has 6 aromatic rings. The van der Waals surface area contributed by atoms with Crippen molar-refractivity contribution < 1.29 is 101 Å². The van der Waals surface area contributed by atoms with Gasteiger partial charge in [-0.1, -0.05) is 34.4 Å². The number of fused-ring (bicyclic) bond motifs is 18. The number of nitrogens with one attached hydrogen (secondary N) is 2. The minimum absolute atomic E-state index is 0. The van der Waals surface area contributed by atoms with E-state index in [9.17, 15) is 39.8 Å². The van der Waals surface area contributed by atoms with Crippen LogP contribution in [0, 0.1) is 39.0 Å². The van der Waals surface area contributed by atoms with Crippen molar-refractivity contribution in [2.75, 3.05) is 108 Å². The number of aliphatic hydroxyl groups is 1. The molecule has 6 aromatic carbocycles. The summed E-state index contributed by atoms with van der Waals surface area (Å²) in [5.41, 5.74) is 10.2. The van der Waals surface area contributed by atoms with Crippen LogP contribution in [0.1, 0.15) is 160 Å². The number of esters is 4. The molecule has 0 amide bonds. The van der Waals surface area contributed by atoms with Crippen LogP contribution >= 0.6 is 23.5 Å². The minimum Gasteiger partial charge on any atom is -0.504 e. The Kier molecular flexibility index (Phi) is 21.7. The molecule has 14 aliphatic heterocycles. The topological polar surface area (TPSA) is 319 Å². The van der Waals surface area contributed by atoms with Crippen molar-refractivity contribution >= 4 is 47.4 Å². The number of nitrogens with zero attached hydrogens (tertiary/aromatic N) is 5. The summed E-state index contributed by atoms with van der Waals surface area (Å²) in [5.74, 6) is 3.99. The highest BCUT2D eigenvalue weighted by Gasteiger charge is 2.65. The predicted octanol–water partition coefficient (Wildman–Crippen LogP) is 9.91. The maximum atomic E-state index is 14.8. The molecular formula is C84H101N7O21S2. The van der Waals surface area contributed by atoms with Crippen LogP contribution in [0.2, 0.25) is 0 Å². The zero-order valence-corrected chi connectivity index (χ0v) is 65.8. The van der Waals surface area contributed by atoms with E-state index in [0.29, 0.717) is 130 Å². The SMILES string of the molecule is C.C.C.COc1cc2c(cc1O)CCN[C@]21CS[C@@H]2c3c(OC(C)=O)c(C)c4c(c3[C@H](COC1=O)N1C2[C@H]2c3c(cc(C)c(OC)c3OC)C[C@@H]([C@@H]1C#N)N2C)OCO4.COc1cc2c(cc1O)CCN[C@]21CS[C@@H]2c3c(OC(C)=O)c(C)c4c(c3[C@H](COC1=O)N1C2[C@H]2c3c(cc(C)c(OC)c3OC)C[C@@H]([C@@H]1O)N2C)OCO4. The quantitative estimate of drug-likeness (QED) is 0.0699. The molecule has 2 unspecified atom stereocenters. The molecule has 4 fully saturated rings. The van der Waals surface area contributed by atoms with Crippen LogP contribution in [0.4, 0.5) is 0 Å². The van der Waals surface area contributed by atoms with Gasteiger partial charge in [-0.3, -0.25) is 39.8 Å². The maximum absolute atomic E-state index is 14.8. The van der Waals surface area contributed by atoms with Gasteiger partial charge in [0.15, 0.2) is 80.1 Å². The molecule has 14 heterocycles. The second kappa shape index (κ2) is 30.4. The molecule has 8 bridgehead atoms. The molecule has 28 nitrogen and oxygen atoms in total. The third-order valence-electron chi connectivity index (χ3n) is 25.1. The van der Waals surface area contributed by atoms with Crippen LogP contribution in [-0.2, 0) is 65.4 Å². The van der Waals surface area contributed by atoms with Gasteiger partial charge in [-0.2, -0.15) is 5.26 Å². The summed E-state index contributed by atoms with van der Waals surface area (Å²) >= 11 is 3.04. The molecule has 5 N–H and O–H groups in total. The number of benzene rings is 6. The summed E-state index contributed by atoms with van der Waals surface area (Å²) in [6, 6.07) is 9.39. The predicted molar refractivity (Wildman–Crippen MR) is 423 cm³/mol. The Bertz CT molecular complexity index is 5000. The second-order valence-corrected chi connectivity index (χ2v) is 32.7. The normalized spacial score (nSPS) is 28.1. The number of likely N-dealkylation sites (N-methyl/N-ethyl adjacent to an activating group) is 2. The molecule has 14 atom stereocenters. The number of nitriles is 1. The fraction of sp³-hybridized carbons (Fsp3) is 0.512. The number of ether oxygens (including phenoxy) is 14. The van der Waals surface area contributed by atoms with E-state index in [1.807, 2.05) is 34.7 Å². The summed E-state index contributed by atoms with van der Waals surface area (Å²) in [4.78, 5) is 64.3. The lowest BCUT2D eigenvalue weighted by Crippen LogP contribution is -2.70. The lowest BCUT2D eigenvalue weighted by atomic mass is 9.71. The number of carbonyl (C=O) groups excluding carboxylic acids is 4. The molecule has 0 aromatic heterocycles. The smallest absolute Gasteiger partial charge is 0.331 e. The summed E-state index contributed by atoms with van der Waals surface area (Å²) in [5, 5.41) is 51.4. The summed E-state index contributed by atoms with van der Waals surface area (Å²) < 4.78 is 85.2. The number of aliphatic hydroxyl groups excluding tert-OH is 1. The standard InChI is InChI=1S/C41H44N4O10S.C40H45N3O11S.3CH4/c1-18-10-22-11-24-25(14-42)45-26-15-52-40(48)41(23-13-28(49-5)27(47)12-21(23)8-9-43-41)16-56-39(33(45)32(44(24)4)29(22)37(51-7)34(18)50-6)31-30(26)38-36(53-17-54-38)19(2)35(31)55-20(3)46;1-17-10-21-11-23-38(46)43-24-14-51-39(47)40(22-13-26(48-5)25(45)12-20(22)8-9-41-40)15-55-37(31(43)30(42(23)4)27(21)35(50-7)32(17)49-6)29-28(24)36-34(52-16-53-36)18(2)33(29)54-19(3)44;;;/h10,12-13,24-26,32-33,39,43,47H,8-9,11,15-17H2,1-7H3;10,12-13,23-24,30-31,37-38,41,45-46H,8-9,11,14-16H2,1-7H3;3*1H4/t24-,25-,26-,32+,33?,39+,41+;23-,24-,30+,31?,37+,38-,40+;;;/m00.../s1. The Balaban J connectivity index is 0.000000184. The van der Waals surface area contributed by atoms with E-state index in [4.69, 9.17) is 66.3 Å². The highest BCUT2D eigenvalue weighted by atomic mass is 32.2. The van der Waals surface area contributed by atoms with Crippen LogP contribution < -0.4 is 67.5 Å². The molecule has 30 heteroatoms. The largest absolute Gasteiger partial charge is 0.504 e. The average molecular weight is 1610 g/mol. The van der Waals surface area contributed by atoms with Crippen molar-refractivity contribution in [3.05, 3.63) is 125 Å². The zero-order valence-electron chi connectivity index (χ0n) is 64.1. The number of aromatic hydroxyl groups is 2. The maximum Gasteiger partial charge on any atom is 0.331 e. The number of phenolic OH excluding ortho intramolecular Hbond substituents is 2. The van der Waals surface area contributed by atoms with Crippen LogP contribution in [0.15, 0.2) is 36.4 Å². The molecule has 4 saturated heterocycles. The molecular weight excluding hydrogens is 1510 g/mol. The van der Waals surface area contributed by atoms with Gasteiger partial charge in [0.2, 0.25) is 13.6 Å². The zero-order chi connectivity index (χ0) is 78.0. The third kappa shape index (κ3) is 11.8. The molecule has 610 valence electrons. The van der Waals surface area contributed by atoms with Gasteiger partial charge in [0.1, 0.15) is 37.0 Å². The van der Waals surface area contributed by atoms with Crippen LogP contribution in [0.5, 0.6) is 80.5 Å². The van der Waals surface area contributed by atoms with Crippen LogP contribution in [0.25, 0.3) is 0 Å². The number of aryl methyl sites for hydroxylation is 2. The summed E-state index contributed by atoms with van der Waals surface area (Å²) in [7, 11) is 13.6. The Morgan fingerprint density at radius 1 is 0.526 bits per heavy atom. The first kappa shape index (κ1) is 81.3. The fourth-order valence-electron chi connectivity index (χ4n) is 20.5. The molecule has 0 aliphatic carbocycles. The molecule has 20 rings (SSSR count). The Labute approximate surface area is 672 Å². The molecule has 2 spiro atoms. The van der Waals surface area contributed by atoms with Gasteiger partial charge in [-0.15, -0.1) is 23.5 Å². The van der Waals surface area contributed by atoms with E-state index in [0.717, 1.165) is 55.6 Å². The first-order valence-corrected chi connectivity index (χ1v) is 39.3. The number of carbonyl (C=O) groups is 4. The molecule has 114 heavy (non-hydrogen) atoms. The van der Waals surface area contributed by atoms with Gasteiger partial charge in [-0.25, -0.2) is 9.59 Å². The number of methoxy groups -OCH3 is 6. The highest BCUT2D eigenvalue weighted by molar-refractivity contribution is 7.99. The number of piperazine rings is 2. The van der Waals surface area contributed by atoms with Crippen LogP contribution in [0.3, 0.4) is 0 Å².